The smallest absolute Gasteiger partial charge is 0.178 e. The van der Waals surface area contributed by atoms with Crippen molar-refractivity contribution in [3.63, 3.8) is 0 Å². The van der Waals surface area contributed by atoms with Crippen molar-refractivity contribution >= 4 is 23.1 Å². The first-order valence-corrected chi connectivity index (χ1v) is 8.85. The predicted molar refractivity (Wildman–Crippen MR) is 97.1 cm³/mol. The first-order chi connectivity index (χ1) is 12.2. The van der Waals surface area contributed by atoms with E-state index in [9.17, 15) is 0 Å². The van der Waals surface area contributed by atoms with Crippen LogP contribution in [0.2, 0.25) is 5.02 Å². The van der Waals surface area contributed by atoms with Gasteiger partial charge >= 0.3 is 0 Å². The van der Waals surface area contributed by atoms with Crippen LogP contribution in [-0.4, -0.2) is 33.5 Å². The molecule has 0 saturated heterocycles. The summed E-state index contributed by atoms with van der Waals surface area (Å²) in [4.78, 5) is 0. The van der Waals surface area contributed by atoms with Gasteiger partial charge in [0.1, 0.15) is 5.82 Å². The van der Waals surface area contributed by atoms with E-state index in [1.54, 1.807) is 7.11 Å². The number of nitrogens with one attached hydrogen (secondary N) is 1. The van der Waals surface area contributed by atoms with Gasteiger partial charge in [-0.1, -0.05) is 23.7 Å². The zero-order valence-electron chi connectivity index (χ0n) is 14.0. The average molecular weight is 358 g/mol. The minimum absolute atomic E-state index is 0.0861. The Hall–Kier alpha value is -2.18. The lowest BCUT2D eigenvalue weighted by molar-refractivity contribution is 0.190. The Balaban J connectivity index is 1.61. The molecule has 7 heteroatoms. The number of nitrogens with zero attached hydrogens (tertiary/aromatic N) is 4. The van der Waals surface area contributed by atoms with Gasteiger partial charge in [-0.15, -0.1) is 15.3 Å². The Morgan fingerprint density at radius 3 is 2.72 bits per heavy atom. The molecular weight excluding hydrogens is 338 g/mol. The minimum Gasteiger partial charge on any atom is -0.385 e. The second-order valence-electron chi connectivity index (χ2n) is 6.35. The van der Waals surface area contributed by atoms with Crippen LogP contribution in [0.15, 0.2) is 36.4 Å². The first kappa shape index (κ1) is 16.3. The quantitative estimate of drug-likeness (QED) is 0.695. The maximum atomic E-state index is 6.01. The number of ether oxygens (including phenoxy) is 1. The molecule has 1 fully saturated rings. The fourth-order valence-electron chi connectivity index (χ4n) is 2.91. The lowest BCUT2D eigenvalue weighted by Gasteiger charge is -2.19. The summed E-state index contributed by atoms with van der Waals surface area (Å²) in [6.45, 7) is 0.655. The van der Waals surface area contributed by atoms with Gasteiger partial charge in [0.2, 0.25) is 0 Å². The van der Waals surface area contributed by atoms with Gasteiger partial charge in [-0.05, 0) is 49.1 Å². The molecule has 0 spiro atoms. The summed E-state index contributed by atoms with van der Waals surface area (Å²) in [6.07, 6.45) is 3.16. The van der Waals surface area contributed by atoms with Gasteiger partial charge in [0, 0.05) is 24.7 Å². The average Bonchev–Trinajstić information content (AvgIpc) is 3.39. The number of rotatable bonds is 7. The first-order valence-electron chi connectivity index (χ1n) is 8.48. The molecule has 2 aromatic heterocycles. The number of methoxy groups -OCH3 is 1. The maximum Gasteiger partial charge on any atom is 0.178 e. The van der Waals surface area contributed by atoms with E-state index in [0.29, 0.717) is 12.5 Å². The van der Waals surface area contributed by atoms with Gasteiger partial charge in [-0.2, -0.15) is 4.52 Å². The SMILES string of the molecule is COCCC(Nc1ccc2nnc(C3CC3)n2n1)c1ccc(Cl)cc1. The summed E-state index contributed by atoms with van der Waals surface area (Å²) >= 11 is 6.01. The zero-order valence-corrected chi connectivity index (χ0v) is 14.8. The summed E-state index contributed by atoms with van der Waals surface area (Å²) in [6, 6.07) is 11.8. The lowest BCUT2D eigenvalue weighted by Crippen LogP contribution is -2.15. The van der Waals surface area contributed by atoms with Crippen molar-refractivity contribution in [2.24, 2.45) is 0 Å². The fraction of sp³-hybridized carbons (Fsp3) is 0.389. The van der Waals surface area contributed by atoms with Crippen LogP contribution in [0.5, 0.6) is 0 Å². The minimum atomic E-state index is 0.0861. The van der Waals surface area contributed by atoms with Crippen molar-refractivity contribution in [2.45, 2.75) is 31.2 Å². The van der Waals surface area contributed by atoms with Crippen LogP contribution >= 0.6 is 11.6 Å². The molecule has 6 nitrogen and oxygen atoms in total. The van der Waals surface area contributed by atoms with Crippen LogP contribution in [0.1, 0.15) is 42.6 Å². The highest BCUT2D eigenvalue weighted by Gasteiger charge is 2.29. The molecule has 1 aliphatic rings. The number of aromatic nitrogens is 4. The molecule has 0 amide bonds. The van der Waals surface area contributed by atoms with E-state index in [0.717, 1.165) is 34.3 Å². The van der Waals surface area contributed by atoms with Crippen molar-refractivity contribution in [3.8, 4) is 0 Å². The predicted octanol–water partition coefficient (Wildman–Crippen LogP) is 3.84. The number of fused-ring (bicyclic) bond motifs is 1. The lowest BCUT2D eigenvalue weighted by atomic mass is 10.0. The summed E-state index contributed by atoms with van der Waals surface area (Å²) in [5, 5.41) is 17.4. The molecule has 0 radical (unpaired) electrons. The highest BCUT2D eigenvalue weighted by molar-refractivity contribution is 6.30. The van der Waals surface area contributed by atoms with E-state index in [-0.39, 0.29) is 6.04 Å². The van der Waals surface area contributed by atoms with Gasteiger partial charge in [-0.25, -0.2) is 0 Å². The summed E-state index contributed by atoms with van der Waals surface area (Å²) in [5.74, 6) is 2.25. The monoisotopic (exact) mass is 357 g/mol. The maximum absolute atomic E-state index is 6.01. The van der Waals surface area contributed by atoms with Crippen molar-refractivity contribution < 1.29 is 4.74 Å². The molecule has 1 unspecified atom stereocenters. The van der Waals surface area contributed by atoms with E-state index in [2.05, 4.69) is 15.5 Å². The third-order valence-corrected chi connectivity index (χ3v) is 4.69. The van der Waals surface area contributed by atoms with Crippen LogP contribution < -0.4 is 5.32 Å². The van der Waals surface area contributed by atoms with Crippen LogP contribution in [0.25, 0.3) is 5.65 Å². The molecule has 3 aromatic rings. The third kappa shape index (κ3) is 3.60. The van der Waals surface area contributed by atoms with Gasteiger partial charge in [0.25, 0.3) is 0 Å². The van der Waals surface area contributed by atoms with E-state index >= 15 is 0 Å². The summed E-state index contributed by atoms with van der Waals surface area (Å²) in [5.41, 5.74) is 1.93. The molecule has 1 atom stereocenters. The largest absolute Gasteiger partial charge is 0.385 e. The molecular formula is C18H20ClN5O. The molecule has 0 bridgehead atoms. The van der Waals surface area contributed by atoms with Gasteiger partial charge in [0.05, 0.1) is 6.04 Å². The molecule has 4 rings (SSSR count). The Morgan fingerprint density at radius 2 is 2.00 bits per heavy atom. The van der Waals surface area contributed by atoms with Crippen LogP contribution in [0.4, 0.5) is 5.82 Å². The number of anilines is 1. The van der Waals surface area contributed by atoms with E-state index < -0.39 is 0 Å². The van der Waals surface area contributed by atoms with Crippen LogP contribution in [-0.2, 0) is 4.74 Å². The van der Waals surface area contributed by atoms with E-state index in [1.165, 1.54) is 12.8 Å². The van der Waals surface area contributed by atoms with Crippen molar-refractivity contribution in [1.29, 1.82) is 0 Å². The molecule has 1 aromatic carbocycles. The summed E-state index contributed by atoms with van der Waals surface area (Å²) in [7, 11) is 1.71. The highest BCUT2D eigenvalue weighted by atomic mass is 35.5. The van der Waals surface area contributed by atoms with Gasteiger partial charge in [-0.3, -0.25) is 0 Å². The van der Waals surface area contributed by atoms with Crippen LogP contribution in [0, 0.1) is 0 Å². The Kier molecular flexibility index (Phi) is 4.55. The number of hydrogen-bond donors (Lipinski definition) is 1. The number of hydrogen-bond acceptors (Lipinski definition) is 5. The zero-order chi connectivity index (χ0) is 17.2. The number of benzene rings is 1. The van der Waals surface area contributed by atoms with Crippen molar-refractivity contribution in [2.75, 3.05) is 19.0 Å². The second-order valence-corrected chi connectivity index (χ2v) is 6.79. The number of halogens is 1. The molecule has 25 heavy (non-hydrogen) atoms. The van der Waals surface area contributed by atoms with Gasteiger partial charge in [0.15, 0.2) is 11.5 Å². The molecule has 2 heterocycles. The highest BCUT2D eigenvalue weighted by Crippen LogP contribution is 2.38. The third-order valence-electron chi connectivity index (χ3n) is 4.43. The Bertz CT molecular complexity index is 860. The molecule has 1 aliphatic carbocycles. The van der Waals surface area contributed by atoms with Crippen LogP contribution in [0.3, 0.4) is 0 Å². The normalized spacial score (nSPS) is 15.4. The Labute approximate surface area is 151 Å². The van der Waals surface area contributed by atoms with Gasteiger partial charge < -0.3 is 10.1 Å². The van der Waals surface area contributed by atoms with Crippen molar-refractivity contribution in [3.05, 3.63) is 52.8 Å². The van der Waals surface area contributed by atoms with E-state index in [1.807, 2.05) is 40.9 Å². The molecule has 0 aliphatic heterocycles. The van der Waals surface area contributed by atoms with Crippen molar-refractivity contribution in [1.82, 2.24) is 19.8 Å². The standard InChI is InChI=1S/C18H20ClN5O/c1-25-11-10-15(12-4-6-14(19)7-5-12)20-16-8-9-17-21-22-18(13-2-3-13)24(17)23-16/h4-9,13,15H,2-3,10-11H2,1H3,(H,20,23). The molecule has 1 saturated carbocycles. The topological polar surface area (TPSA) is 64.3 Å². The fourth-order valence-corrected chi connectivity index (χ4v) is 3.04. The Morgan fingerprint density at radius 1 is 1.20 bits per heavy atom. The summed E-state index contributed by atoms with van der Waals surface area (Å²) < 4.78 is 7.12. The van der Waals surface area contributed by atoms with E-state index in [4.69, 9.17) is 21.4 Å². The molecule has 130 valence electrons. The second kappa shape index (κ2) is 6.98. The molecule has 1 N–H and O–H groups in total.